The summed E-state index contributed by atoms with van der Waals surface area (Å²) in [6, 6.07) is 0. The van der Waals surface area contributed by atoms with Crippen molar-refractivity contribution in [1.82, 2.24) is 0 Å². The van der Waals surface area contributed by atoms with E-state index >= 15 is 0 Å². The second kappa shape index (κ2) is 4.08. The molecule has 7 heteroatoms. The lowest BCUT2D eigenvalue weighted by Crippen LogP contribution is -2.67. The fourth-order valence-corrected chi connectivity index (χ4v) is 6.49. The second-order valence-corrected chi connectivity index (χ2v) is 8.54. The minimum Gasteiger partial charge on any atom is -0.456 e. The van der Waals surface area contributed by atoms with Gasteiger partial charge in [0, 0.05) is 5.92 Å². The van der Waals surface area contributed by atoms with Crippen LogP contribution in [0.15, 0.2) is 22.3 Å². The van der Waals surface area contributed by atoms with Gasteiger partial charge in [-0.2, -0.15) is 0 Å². The van der Waals surface area contributed by atoms with Crippen molar-refractivity contribution in [3.8, 4) is 0 Å². The molecule has 0 amide bonds. The van der Waals surface area contributed by atoms with Gasteiger partial charge >= 0.3 is 5.97 Å². The van der Waals surface area contributed by atoms with E-state index in [-0.39, 0.29) is 23.2 Å². The molecular formula is C18H17ClO6. The van der Waals surface area contributed by atoms with Crippen molar-refractivity contribution < 1.29 is 29.0 Å². The topological polar surface area (TPSA) is 89.9 Å². The van der Waals surface area contributed by atoms with E-state index in [0.29, 0.717) is 11.1 Å². The highest BCUT2D eigenvalue weighted by Crippen LogP contribution is 2.70. The van der Waals surface area contributed by atoms with Gasteiger partial charge in [0.05, 0.1) is 28.6 Å². The van der Waals surface area contributed by atoms with Gasteiger partial charge in [-0.05, 0) is 38.0 Å². The van der Waals surface area contributed by atoms with Gasteiger partial charge in [-0.1, -0.05) is 11.6 Å². The van der Waals surface area contributed by atoms with Gasteiger partial charge in [0.25, 0.3) is 0 Å². The Morgan fingerprint density at radius 1 is 1.28 bits per heavy atom. The van der Waals surface area contributed by atoms with E-state index in [9.17, 15) is 19.5 Å². The zero-order valence-corrected chi connectivity index (χ0v) is 14.7. The summed E-state index contributed by atoms with van der Waals surface area (Å²) >= 11 is 6.21. The summed E-state index contributed by atoms with van der Waals surface area (Å²) in [4.78, 5) is 38.8. The van der Waals surface area contributed by atoms with Gasteiger partial charge < -0.3 is 14.6 Å². The van der Waals surface area contributed by atoms with Crippen molar-refractivity contribution in [1.29, 1.82) is 0 Å². The molecule has 0 unspecified atom stereocenters. The molecule has 2 saturated heterocycles. The number of hydrogen-bond donors (Lipinski definition) is 1. The van der Waals surface area contributed by atoms with Crippen molar-refractivity contribution in [2.45, 2.75) is 38.6 Å². The molecule has 5 aliphatic rings. The molecule has 6 nitrogen and oxygen atoms in total. The molecule has 2 aliphatic heterocycles. The minimum absolute atomic E-state index is 0.0103. The number of carbonyl (C=O) groups is 3. The molecule has 1 N–H and O–H groups in total. The summed E-state index contributed by atoms with van der Waals surface area (Å²) in [5.74, 6) is -2.80. The van der Waals surface area contributed by atoms with Crippen LogP contribution in [0.2, 0.25) is 0 Å². The molecule has 1 saturated carbocycles. The largest absolute Gasteiger partial charge is 0.456 e. The van der Waals surface area contributed by atoms with Gasteiger partial charge in [-0.15, -0.1) is 0 Å². The first-order chi connectivity index (χ1) is 11.6. The molecule has 132 valence electrons. The predicted octanol–water partition coefficient (Wildman–Crippen LogP) is 0.905. The second-order valence-electron chi connectivity index (χ2n) is 8.16. The summed E-state index contributed by atoms with van der Waals surface area (Å²) in [6.45, 7) is 5.09. The number of carbonyl (C=O) groups excluding carboxylic acids is 3. The lowest BCUT2D eigenvalue weighted by Gasteiger charge is -2.53. The summed E-state index contributed by atoms with van der Waals surface area (Å²) in [5, 5.41) is 11.2. The number of ketones is 2. The van der Waals surface area contributed by atoms with Gasteiger partial charge in [0.15, 0.2) is 17.7 Å². The SMILES string of the molecule is CC1=C(Cl)C(=O)[C@@]2(C)C1=CC(=O)[C@@]13CO[C@]4(C)[C@@H](OC(=O)[C@@H]41)[C@H](O)[C@H]23. The molecule has 7 atom stereocenters. The van der Waals surface area contributed by atoms with Crippen molar-refractivity contribution in [2.24, 2.45) is 22.7 Å². The number of esters is 1. The fourth-order valence-electron chi connectivity index (χ4n) is 6.20. The zero-order chi connectivity index (χ0) is 18.1. The lowest BCUT2D eigenvalue weighted by atomic mass is 9.45. The highest BCUT2D eigenvalue weighted by atomic mass is 35.5. The molecule has 4 bridgehead atoms. The summed E-state index contributed by atoms with van der Waals surface area (Å²) in [7, 11) is 0. The Labute approximate surface area is 148 Å². The summed E-state index contributed by atoms with van der Waals surface area (Å²) < 4.78 is 11.3. The normalized spacial score (nSPS) is 53.0. The number of aliphatic hydroxyl groups excluding tert-OH is 1. The van der Waals surface area contributed by atoms with Crippen LogP contribution in [-0.2, 0) is 23.9 Å². The van der Waals surface area contributed by atoms with E-state index in [0.717, 1.165) is 0 Å². The summed E-state index contributed by atoms with van der Waals surface area (Å²) in [5.41, 5.74) is -2.44. The maximum atomic E-state index is 13.2. The van der Waals surface area contributed by atoms with E-state index in [2.05, 4.69) is 0 Å². The van der Waals surface area contributed by atoms with Crippen molar-refractivity contribution >= 4 is 29.1 Å². The monoisotopic (exact) mass is 364 g/mol. The third-order valence-electron chi connectivity index (χ3n) is 7.28. The third kappa shape index (κ3) is 1.29. The number of rotatable bonds is 0. The number of Topliss-reactive ketones (excluding diaryl/α,β-unsaturated/α-hetero) is 1. The Hall–Kier alpha value is -1.50. The van der Waals surface area contributed by atoms with Crippen LogP contribution < -0.4 is 0 Å². The van der Waals surface area contributed by atoms with Crippen molar-refractivity contribution in [2.75, 3.05) is 6.61 Å². The molecule has 0 aromatic rings. The van der Waals surface area contributed by atoms with Gasteiger partial charge in [-0.3, -0.25) is 14.4 Å². The molecule has 0 aromatic heterocycles. The minimum atomic E-state index is -1.30. The van der Waals surface area contributed by atoms with Crippen molar-refractivity contribution in [3.05, 3.63) is 22.3 Å². The smallest absolute Gasteiger partial charge is 0.313 e. The molecule has 3 fully saturated rings. The van der Waals surface area contributed by atoms with E-state index in [1.165, 1.54) is 6.08 Å². The molecular weight excluding hydrogens is 348 g/mol. The molecule has 0 aromatic carbocycles. The van der Waals surface area contributed by atoms with Crippen LogP contribution in [0.4, 0.5) is 0 Å². The van der Waals surface area contributed by atoms with Crippen LogP contribution in [0, 0.1) is 22.7 Å². The number of ether oxygens (including phenoxy) is 2. The summed E-state index contributed by atoms with van der Waals surface area (Å²) in [6.07, 6.45) is -0.665. The Balaban J connectivity index is 1.83. The Kier molecular flexibility index (Phi) is 2.57. The number of fused-ring (bicyclic) bond motifs is 2. The quantitative estimate of drug-likeness (QED) is 0.642. The first kappa shape index (κ1) is 15.7. The molecule has 5 rings (SSSR count). The number of hydrogen-bond acceptors (Lipinski definition) is 6. The fraction of sp³-hybridized carbons (Fsp3) is 0.611. The van der Waals surface area contributed by atoms with E-state index in [1.807, 2.05) is 0 Å². The van der Waals surface area contributed by atoms with Crippen LogP contribution in [-0.4, -0.2) is 47.1 Å². The first-order valence-corrected chi connectivity index (χ1v) is 8.70. The van der Waals surface area contributed by atoms with Crippen LogP contribution in [0.1, 0.15) is 20.8 Å². The van der Waals surface area contributed by atoms with Gasteiger partial charge in [-0.25, -0.2) is 0 Å². The Bertz CT molecular complexity index is 858. The lowest BCUT2D eigenvalue weighted by molar-refractivity contribution is -0.165. The molecule has 2 heterocycles. The van der Waals surface area contributed by atoms with Crippen LogP contribution in [0.3, 0.4) is 0 Å². The van der Waals surface area contributed by atoms with E-state index < -0.39 is 46.4 Å². The van der Waals surface area contributed by atoms with Crippen molar-refractivity contribution in [3.63, 3.8) is 0 Å². The molecule has 25 heavy (non-hydrogen) atoms. The molecule has 3 aliphatic carbocycles. The van der Waals surface area contributed by atoms with E-state index in [4.69, 9.17) is 21.1 Å². The van der Waals surface area contributed by atoms with E-state index in [1.54, 1.807) is 20.8 Å². The van der Waals surface area contributed by atoms with Crippen LogP contribution in [0.25, 0.3) is 0 Å². The Morgan fingerprint density at radius 2 is 1.96 bits per heavy atom. The zero-order valence-electron chi connectivity index (χ0n) is 14.0. The highest BCUT2D eigenvalue weighted by Gasteiger charge is 2.83. The highest BCUT2D eigenvalue weighted by molar-refractivity contribution is 6.45. The molecule has 1 spiro atoms. The number of halogens is 1. The molecule has 0 radical (unpaired) electrons. The average molecular weight is 365 g/mol. The number of allylic oxidation sites excluding steroid dienone is 4. The standard InChI is InChI=1S/C18H17ClO6/c1-6-7-4-8(20)18-5-24-17(3)12(18)15(23)25-14(17)10(21)11(18)16(7,2)13(22)9(6)19/h4,10-12,14,21H,5H2,1-3H3/t10-,11-,12+,14+,16+,17+,18-/m1/s1. The third-order valence-corrected chi connectivity index (χ3v) is 7.74. The number of aliphatic hydroxyl groups is 1. The maximum absolute atomic E-state index is 13.2. The van der Waals surface area contributed by atoms with Crippen LogP contribution in [0.5, 0.6) is 0 Å². The first-order valence-electron chi connectivity index (χ1n) is 8.32. The van der Waals surface area contributed by atoms with Gasteiger partial charge in [0.1, 0.15) is 11.5 Å². The predicted molar refractivity (Wildman–Crippen MR) is 84.4 cm³/mol. The average Bonchev–Trinajstić information content (AvgIpc) is 3.00. The maximum Gasteiger partial charge on any atom is 0.313 e. The van der Waals surface area contributed by atoms with Gasteiger partial charge in [0.2, 0.25) is 0 Å². The Morgan fingerprint density at radius 3 is 2.64 bits per heavy atom. The van der Waals surface area contributed by atoms with Crippen LogP contribution >= 0.6 is 11.6 Å².